The predicted octanol–water partition coefficient (Wildman–Crippen LogP) is 0.0632. The quantitative estimate of drug-likeness (QED) is 0.834. The molecule has 1 unspecified atom stereocenters. The van der Waals surface area contributed by atoms with Gasteiger partial charge in [0, 0.05) is 32.0 Å². The normalized spacial score (nSPS) is 20.0. The Labute approximate surface area is 113 Å². The minimum absolute atomic E-state index is 0.0313. The van der Waals surface area contributed by atoms with Crippen LogP contribution in [0.2, 0.25) is 0 Å². The predicted molar refractivity (Wildman–Crippen MR) is 74.3 cm³/mol. The van der Waals surface area contributed by atoms with Crippen LogP contribution in [-0.4, -0.2) is 41.9 Å². The number of hydrogen-bond donors (Lipinski definition) is 1. The van der Waals surface area contributed by atoms with Gasteiger partial charge < -0.3 is 19.9 Å². The second-order valence-corrected chi connectivity index (χ2v) is 5.26. The Morgan fingerprint density at radius 2 is 2.37 bits per heavy atom. The largest absolute Gasteiger partial charge is 0.377 e. The number of rotatable bonds is 4. The van der Waals surface area contributed by atoms with E-state index in [9.17, 15) is 4.79 Å². The van der Waals surface area contributed by atoms with E-state index in [0.717, 1.165) is 0 Å². The Bertz CT molecular complexity index is 472. The Balaban J connectivity index is 2.31. The Kier molecular flexibility index (Phi) is 4.55. The number of ether oxygens (including phenoxy) is 1. The molecule has 0 saturated carbocycles. The van der Waals surface area contributed by atoms with Gasteiger partial charge in [0.15, 0.2) is 5.82 Å². The van der Waals surface area contributed by atoms with Crippen LogP contribution >= 0.6 is 0 Å². The maximum atomic E-state index is 12.4. The summed E-state index contributed by atoms with van der Waals surface area (Å²) in [5.41, 5.74) is 5.70. The van der Waals surface area contributed by atoms with Gasteiger partial charge in [-0.15, -0.1) is 0 Å². The van der Waals surface area contributed by atoms with Crippen molar-refractivity contribution < 1.29 is 4.74 Å². The molecular formula is C13H22N4O2. The van der Waals surface area contributed by atoms with E-state index in [1.165, 1.54) is 0 Å². The van der Waals surface area contributed by atoms with E-state index in [1.54, 1.807) is 17.0 Å². The minimum atomic E-state index is -0.0449. The summed E-state index contributed by atoms with van der Waals surface area (Å²) in [5.74, 6) is 0.907. The molecule has 1 aliphatic heterocycles. The van der Waals surface area contributed by atoms with E-state index < -0.39 is 0 Å². The molecule has 106 valence electrons. The first-order valence-electron chi connectivity index (χ1n) is 6.73. The van der Waals surface area contributed by atoms with Gasteiger partial charge in [-0.1, -0.05) is 13.8 Å². The zero-order chi connectivity index (χ0) is 13.8. The summed E-state index contributed by atoms with van der Waals surface area (Å²) in [6.45, 7) is 7.16. The van der Waals surface area contributed by atoms with Crippen LogP contribution in [0.4, 0.5) is 5.82 Å². The second kappa shape index (κ2) is 6.16. The highest BCUT2D eigenvalue weighted by molar-refractivity contribution is 5.38. The fourth-order valence-electron chi connectivity index (χ4n) is 2.30. The van der Waals surface area contributed by atoms with Crippen LogP contribution < -0.4 is 16.2 Å². The zero-order valence-corrected chi connectivity index (χ0v) is 11.6. The lowest BCUT2D eigenvalue weighted by atomic mass is 10.2. The van der Waals surface area contributed by atoms with Crippen molar-refractivity contribution in [2.24, 2.45) is 11.7 Å². The van der Waals surface area contributed by atoms with E-state index in [-0.39, 0.29) is 11.6 Å². The number of aromatic nitrogens is 2. The van der Waals surface area contributed by atoms with Gasteiger partial charge in [0.1, 0.15) is 0 Å². The highest BCUT2D eigenvalue weighted by atomic mass is 16.5. The number of nitrogens with two attached hydrogens (primary N) is 1. The summed E-state index contributed by atoms with van der Waals surface area (Å²) in [6.07, 6.45) is 3.42. The molecule has 1 atom stereocenters. The van der Waals surface area contributed by atoms with Gasteiger partial charge in [0.25, 0.3) is 5.56 Å². The first kappa shape index (κ1) is 14.0. The molecule has 19 heavy (non-hydrogen) atoms. The van der Waals surface area contributed by atoms with Crippen LogP contribution in [0.3, 0.4) is 0 Å². The third-order valence-corrected chi connectivity index (χ3v) is 3.23. The van der Waals surface area contributed by atoms with E-state index in [4.69, 9.17) is 10.5 Å². The van der Waals surface area contributed by atoms with Gasteiger partial charge in [-0.2, -0.15) is 0 Å². The highest BCUT2D eigenvalue weighted by Crippen LogP contribution is 2.12. The van der Waals surface area contributed by atoms with Crippen LogP contribution in [0.1, 0.15) is 13.8 Å². The van der Waals surface area contributed by atoms with Crippen molar-refractivity contribution in [2.75, 3.05) is 31.2 Å². The Morgan fingerprint density at radius 3 is 3.05 bits per heavy atom. The average molecular weight is 266 g/mol. The fourth-order valence-corrected chi connectivity index (χ4v) is 2.30. The summed E-state index contributed by atoms with van der Waals surface area (Å²) >= 11 is 0. The molecule has 0 radical (unpaired) electrons. The lowest BCUT2D eigenvalue weighted by Gasteiger charge is -2.35. The number of hydrogen-bond acceptors (Lipinski definition) is 5. The third-order valence-electron chi connectivity index (χ3n) is 3.23. The molecule has 1 aliphatic rings. The first-order valence-corrected chi connectivity index (χ1v) is 6.73. The number of anilines is 1. The van der Waals surface area contributed by atoms with Crippen molar-refractivity contribution in [1.29, 1.82) is 0 Å². The van der Waals surface area contributed by atoms with Gasteiger partial charge in [0.2, 0.25) is 0 Å². The van der Waals surface area contributed by atoms with E-state index >= 15 is 0 Å². The zero-order valence-electron chi connectivity index (χ0n) is 11.6. The molecule has 0 bridgehead atoms. The van der Waals surface area contributed by atoms with Gasteiger partial charge in [-0.05, 0) is 5.92 Å². The maximum absolute atomic E-state index is 12.4. The molecule has 0 aromatic carbocycles. The molecule has 0 spiro atoms. The summed E-state index contributed by atoms with van der Waals surface area (Å²) in [5, 5.41) is 0. The summed E-state index contributed by atoms with van der Waals surface area (Å²) in [6, 6.07) is 0.0313. The van der Waals surface area contributed by atoms with Gasteiger partial charge >= 0.3 is 0 Å². The summed E-state index contributed by atoms with van der Waals surface area (Å²) in [4.78, 5) is 18.7. The topological polar surface area (TPSA) is 73.4 Å². The monoisotopic (exact) mass is 266 g/mol. The molecule has 2 heterocycles. The fraction of sp³-hybridized carbons (Fsp3) is 0.692. The smallest absolute Gasteiger partial charge is 0.293 e. The van der Waals surface area contributed by atoms with Crippen molar-refractivity contribution in [3.8, 4) is 0 Å². The Morgan fingerprint density at radius 1 is 1.58 bits per heavy atom. The van der Waals surface area contributed by atoms with E-state index in [1.807, 2.05) is 4.90 Å². The van der Waals surface area contributed by atoms with Gasteiger partial charge in [0.05, 0.1) is 19.3 Å². The van der Waals surface area contributed by atoms with Crippen LogP contribution in [0.5, 0.6) is 0 Å². The third kappa shape index (κ3) is 3.13. The van der Waals surface area contributed by atoms with Crippen molar-refractivity contribution >= 4 is 5.82 Å². The first-order chi connectivity index (χ1) is 9.13. The SMILES string of the molecule is CC(C)Cn1ccnc(N2CCOCC2CN)c1=O. The van der Waals surface area contributed by atoms with Crippen molar-refractivity contribution in [2.45, 2.75) is 26.4 Å². The van der Waals surface area contributed by atoms with E-state index in [0.29, 0.717) is 44.6 Å². The lowest BCUT2D eigenvalue weighted by Crippen LogP contribution is -2.52. The molecule has 2 N–H and O–H groups in total. The highest BCUT2D eigenvalue weighted by Gasteiger charge is 2.25. The van der Waals surface area contributed by atoms with Gasteiger partial charge in [-0.3, -0.25) is 4.79 Å². The molecule has 2 rings (SSSR count). The van der Waals surface area contributed by atoms with Crippen LogP contribution in [0, 0.1) is 5.92 Å². The molecule has 0 amide bonds. The molecule has 6 heteroatoms. The van der Waals surface area contributed by atoms with Crippen molar-refractivity contribution in [3.05, 3.63) is 22.7 Å². The summed E-state index contributed by atoms with van der Waals surface area (Å²) in [7, 11) is 0. The number of morpholine rings is 1. The molecule has 1 fully saturated rings. The number of nitrogens with zero attached hydrogens (tertiary/aromatic N) is 3. The van der Waals surface area contributed by atoms with Crippen LogP contribution in [0.25, 0.3) is 0 Å². The van der Waals surface area contributed by atoms with Crippen molar-refractivity contribution in [3.63, 3.8) is 0 Å². The average Bonchev–Trinajstić information content (AvgIpc) is 2.41. The standard InChI is InChI=1S/C13H22N4O2/c1-10(2)8-16-4-3-15-12(13(16)18)17-5-6-19-9-11(17)7-14/h3-4,10-11H,5-9,14H2,1-2H3. The molecule has 1 aromatic rings. The molecular weight excluding hydrogens is 244 g/mol. The minimum Gasteiger partial charge on any atom is -0.377 e. The van der Waals surface area contributed by atoms with Crippen LogP contribution in [0.15, 0.2) is 17.2 Å². The Hall–Kier alpha value is -1.40. The molecule has 0 aliphatic carbocycles. The molecule has 1 aromatic heterocycles. The summed E-state index contributed by atoms with van der Waals surface area (Å²) < 4.78 is 7.12. The second-order valence-electron chi connectivity index (χ2n) is 5.26. The lowest BCUT2D eigenvalue weighted by molar-refractivity contribution is 0.0956. The maximum Gasteiger partial charge on any atom is 0.293 e. The van der Waals surface area contributed by atoms with Crippen LogP contribution in [-0.2, 0) is 11.3 Å². The van der Waals surface area contributed by atoms with Crippen molar-refractivity contribution in [1.82, 2.24) is 9.55 Å². The molecule has 6 nitrogen and oxygen atoms in total. The molecule has 1 saturated heterocycles. The van der Waals surface area contributed by atoms with Gasteiger partial charge in [-0.25, -0.2) is 4.98 Å². The van der Waals surface area contributed by atoms with E-state index in [2.05, 4.69) is 18.8 Å².